The summed E-state index contributed by atoms with van der Waals surface area (Å²) >= 11 is 0. The maximum atomic E-state index is 5.86. The molecule has 0 bridgehead atoms. The van der Waals surface area contributed by atoms with Crippen molar-refractivity contribution in [2.24, 2.45) is 0 Å². The third-order valence-corrected chi connectivity index (χ3v) is 3.58. The molecule has 0 radical (unpaired) electrons. The van der Waals surface area contributed by atoms with Crippen molar-refractivity contribution < 1.29 is 4.42 Å². The first kappa shape index (κ1) is 12.8. The summed E-state index contributed by atoms with van der Waals surface area (Å²) in [4.78, 5) is 8.87. The van der Waals surface area contributed by atoms with Crippen LogP contribution < -0.4 is 0 Å². The van der Waals surface area contributed by atoms with Crippen LogP contribution >= 0.6 is 0 Å². The zero-order valence-electron chi connectivity index (χ0n) is 11.9. The summed E-state index contributed by atoms with van der Waals surface area (Å²) in [5.74, 6) is 0.611. The van der Waals surface area contributed by atoms with E-state index in [1.165, 1.54) is 5.56 Å². The molecule has 2 aromatic carbocycles. The summed E-state index contributed by atoms with van der Waals surface area (Å²) in [5, 5.41) is 0. The smallest absolute Gasteiger partial charge is 0.228 e. The Morgan fingerprint density at radius 3 is 2.32 bits per heavy atom. The molecule has 0 saturated carbocycles. The molecule has 0 aliphatic heterocycles. The molecule has 0 spiro atoms. The Hall–Kier alpha value is -2.94. The Balaban J connectivity index is 1.69. The molecular weight excluding hydrogens is 272 g/mol. The molecule has 0 amide bonds. The average Bonchev–Trinajstić information content (AvgIpc) is 3.00. The monoisotopic (exact) mass is 286 g/mol. The number of hydrogen-bond acceptors (Lipinski definition) is 3. The number of hydrogen-bond donors (Lipinski definition) is 0. The molecule has 106 valence electrons. The van der Waals surface area contributed by atoms with E-state index in [-0.39, 0.29) is 0 Å². The summed E-state index contributed by atoms with van der Waals surface area (Å²) in [6.07, 6.45) is 2.71. The Labute approximate surface area is 128 Å². The van der Waals surface area contributed by atoms with Crippen molar-refractivity contribution in [2.45, 2.75) is 6.42 Å². The van der Waals surface area contributed by atoms with Crippen molar-refractivity contribution in [3.8, 4) is 11.5 Å². The van der Waals surface area contributed by atoms with Gasteiger partial charge in [-0.15, -0.1) is 0 Å². The minimum atomic E-state index is 0.611. The van der Waals surface area contributed by atoms with Gasteiger partial charge in [0, 0.05) is 11.8 Å². The molecule has 22 heavy (non-hydrogen) atoms. The predicted molar refractivity (Wildman–Crippen MR) is 86.5 cm³/mol. The molecule has 2 aromatic heterocycles. The van der Waals surface area contributed by atoms with Crippen LogP contribution in [-0.4, -0.2) is 9.97 Å². The second-order valence-corrected chi connectivity index (χ2v) is 5.21. The van der Waals surface area contributed by atoms with Crippen molar-refractivity contribution in [3.05, 3.63) is 84.1 Å². The highest BCUT2D eigenvalue weighted by Crippen LogP contribution is 2.24. The minimum Gasteiger partial charge on any atom is -0.434 e. The van der Waals surface area contributed by atoms with Gasteiger partial charge >= 0.3 is 0 Å². The zero-order chi connectivity index (χ0) is 14.8. The minimum absolute atomic E-state index is 0.611. The first-order valence-electron chi connectivity index (χ1n) is 7.23. The largest absolute Gasteiger partial charge is 0.434 e. The maximum absolute atomic E-state index is 5.86. The number of nitrogens with zero attached hydrogens (tertiary/aromatic N) is 2. The molecule has 0 aliphatic carbocycles. The van der Waals surface area contributed by atoms with Crippen molar-refractivity contribution in [3.63, 3.8) is 0 Å². The standard InChI is InChI=1S/C19H14N2O/c1-3-7-14(8-4-1)11-15-12-17-18(20-13-15)21-19(22-17)16-9-5-2-6-10-16/h1-10,12-13H,11H2. The molecule has 0 aliphatic rings. The normalized spacial score (nSPS) is 10.9. The number of pyridine rings is 1. The fraction of sp³-hybridized carbons (Fsp3) is 0.0526. The van der Waals surface area contributed by atoms with Gasteiger partial charge in [0.2, 0.25) is 5.89 Å². The van der Waals surface area contributed by atoms with E-state index in [1.807, 2.05) is 60.8 Å². The van der Waals surface area contributed by atoms with E-state index in [0.29, 0.717) is 11.5 Å². The quantitative estimate of drug-likeness (QED) is 0.557. The second kappa shape index (κ2) is 5.45. The summed E-state index contributed by atoms with van der Waals surface area (Å²) in [6, 6.07) is 22.2. The van der Waals surface area contributed by atoms with Crippen molar-refractivity contribution in [1.29, 1.82) is 0 Å². The van der Waals surface area contributed by atoms with Gasteiger partial charge in [-0.3, -0.25) is 0 Å². The van der Waals surface area contributed by atoms with Gasteiger partial charge in [-0.05, 0) is 35.7 Å². The molecule has 4 rings (SSSR count). The molecule has 2 heterocycles. The number of oxazole rings is 1. The van der Waals surface area contributed by atoms with Crippen LogP contribution in [0.5, 0.6) is 0 Å². The first-order valence-corrected chi connectivity index (χ1v) is 7.23. The first-order chi connectivity index (χ1) is 10.9. The topological polar surface area (TPSA) is 38.9 Å². The van der Waals surface area contributed by atoms with Crippen LogP contribution in [0.4, 0.5) is 0 Å². The van der Waals surface area contributed by atoms with Crippen LogP contribution in [0.2, 0.25) is 0 Å². The predicted octanol–water partition coefficient (Wildman–Crippen LogP) is 4.48. The molecule has 4 aromatic rings. The lowest BCUT2D eigenvalue weighted by molar-refractivity contribution is 0.619. The second-order valence-electron chi connectivity index (χ2n) is 5.21. The summed E-state index contributed by atoms with van der Waals surface area (Å²) in [7, 11) is 0. The molecule has 0 saturated heterocycles. The van der Waals surface area contributed by atoms with Gasteiger partial charge in [0.1, 0.15) is 0 Å². The Kier molecular flexibility index (Phi) is 3.16. The highest BCUT2D eigenvalue weighted by Gasteiger charge is 2.09. The van der Waals surface area contributed by atoms with Gasteiger partial charge in [0.15, 0.2) is 11.2 Å². The molecule has 3 heteroatoms. The highest BCUT2D eigenvalue weighted by molar-refractivity contribution is 5.72. The van der Waals surface area contributed by atoms with Gasteiger partial charge in [0.25, 0.3) is 0 Å². The van der Waals surface area contributed by atoms with E-state index in [0.717, 1.165) is 23.1 Å². The Morgan fingerprint density at radius 1 is 0.818 bits per heavy atom. The summed E-state index contributed by atoms with van der Waals surface area (Å²) in [6.45, 7) is 0. The molecular formula is C19H14N2O. The van der Waals surface area contributed by atoms with Crippen molar-refractivity contribution >= 4 is 11.2 Å². The molecule has 0 atom stereocenters. The average molecular weight is 286 g/mol. The van der Waals surface area contributed by atoms with E-state index in [9.17, 15) is 0 Å². The van der Waals surface area contributed by atoms with Gasteiger partial charge < -0.3 is 4.42 Å². The Morgan fingerprint density at radius 2 is 1.55 bits per heavy atom. The molecule has 0 unspecified atom stereocenters. The van der Waals surface area contributed by atoms with Crippen LogP contribution in [0.3, 0.4) is 0 Å². The lowest BCUT2D eigenvalue weighted by Gasteiger charge is -2.00. The van der Waals surface area contributed by atoms with E-state index in [4.69, 9.17) is 4.42 Å². The number of rotatable bonds is 3. The molecule has 0 N–H and O–H groups in total. The van der Waals surface area contributed by atoms with Crippen LogP contribution in [0.1, 0.15) is 11.1 Å². The third kappa shape index (κ3) is 2.49. The fourth-order valence-corrected chi connectivity index (χ4v) is 2.49. The van der Waals surface area contributed by atoms with Crippen LogP contribution in [0, 0.1) is 0 Å². The van der Waals surface area contributed by atoms with Crippen molar-refractivity contribution in [2.75, 3.05) is 0 Å². The highest BCUT2D eigenvalue weighted by atomic mass is 16.3. The molecule has 0 fully saturated rings. The van der Waals surface area contributed by atoms with E-state index < -0.39 is 0 Å². The van der Waals surface area contributed by atoms with Gasteiger partial charge in [-0.25, -0.2) is 4.98 Å². The van der Waals surface area contributed by atoms with Gasteiger partial charge in [-0.1, -0.05) is 48.5 Å². The lowest BCUT2D eigenvalue weighted by atomic mass is 10.1. The van der Waals surface area contributed by atoms with E-state index >= 15 is 0 Å². The van der Waals surface area contributed by atoms with Crippen LogP contribution in [-0.2, 0) is 6.42 Å². The Bertz CT molecular complexity index is 899. The van der Waals surface area contributed by atoms with E-state index in [2.05, 4.69) is 22.1 Å². The van der Waals surface area contributed by atoms with Crippen LogP contribution in [0.15, 0.2) is 77.3 Å². The number of aromatic nitrogens is 2. The van der Waals surface area contributed by atoms with E-state index in [1.54, 1.807) is 0 Å². The maximum Gasteiger partial charge on any atom is 0.228 e. The summed E-state index contributed by atoms with van der Waals surface area (Å²) in [5.41, 5.74) is 4.72. The summed E-state index contributed by atoms with van der Waals surface area (Å²) < 4.78 is 5.86. The van der Waals surface area contributed by atoms with Gasteiger partial charge in [-0.2, -0.15) is 4.98 Å². The third-order valence-electron chi connectivity index (χ3n) is 3.58. The molecule has 3 nitrogen and oxygen atoms in total. The van der Waals surface area contributed by atoms with Crippen LogP contribution in [0.25, 0.3) is 22.7 Å². The van der Waals surface area contributed by atoms with Gasteiger partial charge in [0.05, 0.1) is 0 Å². The number of fused-ring (bicyclic) bond motifs is 1. The lowest BCUT2D eigenvalue weighted by Crippen LogP contribution is -1.89. The zero-order valence-corrected chi connectivity index (χ0v) is 11.9. The van der Waals surface area contributed by atoms with Crippen molar-refractivity contribution in [1.82, 2.24) is 9.97 Å². The fourth-order valence-electron chi connectivity index (χ4n) is 2.49. The SMILES string of the molecule is c1ccc(Cc2cnc3nc(-c4ccccc4)oc3c2)cc1. The number of benzene rings is 2.